The maximum Gasteiger partial charge on any atom is 0.160 e. The summed E-state index contributed by atoms with van der Waals surface area (Å²) in [5.41, 5.74) is 12.6. The Labute approximate surface area is 333 Å². The number of benzene rings is 8. The van der Waals surface area contributed by atoms with Crippen LogP contribution in [0.15, 0.2) is 194 Å². The van der Waals surface area contributed by atoms with E-state index >= 15 is 0 Å². The highest BCUT2D eigenvalue weighted by Gasteiger charge is 2.15. The molecule has 0 unspecified atom stereocenters. The van der Waals surface area contributed by atoms with E-state index in [9.17, 15) is 0 Å². The normalized spacial score (nSPS) is 11.5. The van der Waals surface area contributed by atoms with Gasteiger partial charge in [-0.05, 0) is 40.5 Å². The average Bonchev–Trinajstić information content (AvgIpc) is 3.67. The smallest absolute Gasteiger partial charge is 0.160 e. The fourth-order valence-corrected chi connectivity index (χ4v) is 9.14. The molecule has 0 bridgehead atoms. The van der Waals surface area contributed by atoms with Crippen LogP contribution in [-0.2, 0) is 0 Å². The molecule has 0 fully saturated rings. The maximum absolute atomic E-state index is 5.09. The highest BCUT2D eigenvalue weighted by Crippen LogP contribution is 2.42. The Kier molecular flexibility index (Phi) is 7.97. The molecule has 11 rings (SSSR count). The molecule has 0 atom stereocenters. The Morgan fingerprint density at radius 3 is 1.35 bits per heavy atom. The lowest BCUT2D eigenvalue weighted by molar-refractivity contribution is 1.23. The highest BCUT2D eigenvalue weighted by atomic mass is 32.1. The van der Waals surface area contributed by atoms with E-state index in [0.29, 0.717) is 0 Å². The lowest BCUT2D eigenvalue weighted by Crippen LogP contribution is -1.95. The van der Waals surface area contributed by atoms with E-state index in [2.05, 4.69) is 158 Å². The van der Waals surface area contributed by atoms with Gasteiger partial charge >= 0.3 is 0 Å². The van der Waals surface area contributed by atoms with Crippen LogP contribution in [0.1, 0.15) is 0 Å². The number of rotatable bonds is 6. The molecule has 0 spiro atoms. The Balaban J connectivity index is 0.916. The third-order valence-electron chi connectivity index (χ3n) is 10.7. The van der Waals surface area contributed by atoms with Gasteiger partial charge in [-0.2, -0.15) is 0 Å². The van der Waals surface area contributed by atoms with Crippen molar-refractivity contribution >= 4 is 53.3 Å². The van der Waals surface area contributed by atoms with Gasteiger partial charge in [-0.3, -0.25) is 0 Å². The van der Waals surface area contributed by atoms with Crippen LogP contribution in [0.5, 0.6) is 0 Å². The molecule has 3 heterocycles. The fourth-order valence-electron chi connectivity index (χ4n) is 7.86. The van der Waals surface area contributed by atoms with Gasteiger partial charge in [-0.15, -0.1) is 11.3 Å². The van der Waals surface area contributed by atoms with E-state index in [1.54, 1.807) is 0 Å². The van der Waals surface area contributed by atoms with Crippen LogP contribution in [0.4, 0.5) is 0 Å². The predicted octanol–water partition coefficient (Wildman–Crippen LogP) is 13.9. The summed E-state index contributed by atoms with van der Waals surface area (Å²) in [5, 5.41) is 4.64. The first-order valence-corrected chi connectivity index (χ1v) is 19.9. The van der Waals surface area contributed by atoms with Crippen molar-refractivity contribution in [2.45, 2.75) is 0 Å². The summed E-state index contributed by atoms with van der Waals surface area (Å²) in [4.78, 5) is 20.1. The van der Waals surface area contributed by atoms with Gasteiger partial charge in [0.2, 0.25) is 0 Å². The van der Waals surface area contributed by atoms with Crippen LogP contribution in [0, 0.1) is 0 Å². The van der Waals surface area contributed by atoms with Crippen LogP contribution in [0.2, 0.25) is 0 Å². The lowest BCUT2D eigenvalue weighted by atomic mass is 9.99. The van der Waals surface area contributed by atoms with Crippen LogP contribution in [-0.4, -0.2) is 19.9 Å². The van der Waals surface area contributed by atoms with Crippen molar-refractivity contribution in [3.8, 4) is 67.5 Å². The SMILES string of the molecule is c1ccc(-c2nc(-c3ccc(-c4ccc5c(c4)sc4c(-c6ccc(-c7nc(-c8ccccc8)c8ccccc8n7)cc6)cccc45)cc3)nc3ccccc23)cc1. The van der Waals surface area contributed by atoms with Crippen molar-refractivity contribution in [1.82, 2.24) is 19.9 Å². The molecule has 57 heavy (non-hydrogen) atoms. The molecule has 8 aromatic carbocycles. The Morgan fingerprint density at radius 2 is 0.772 bits per heavy atom. The molecular weight excluding hydrogens is 713 g/mol. The molecule has 5 heteroatoms. The van der Waals surface area contributed by atoms with E-state index in [4.69, 9.17) is 19.9 Å². The Hall–Kier alpha value is -7.34. The maximum atomic E-state index is 5.09. The molecule has 0 saturated carbocycles. The van der Waals surface area contributed by atoms with Crippen LogP contribution in [0.3, 0.4) is 0 Å². The molecule has 0 saturated heterocycles. The zero-order chi connectivity index (χ0) is 37.7. The zero-order valence-electron chi connectivity index (χ0n) is 30.7. The van der Waals surface area contributed by atoms with Crippen LogP contribution >= 0.6 is 11.3 Å². The summed E-state index contributed by atoms with van der Waals surface area (Å²) < 4.78 is 2.54. The van der Waals surface area contributed by atoms with E-state index in [1.165, 1.54) is 36.9 Å². The highest BCUT2D eigenvalue weighted by molar-refractivity contribution is 7.26. The number of aromatic nitrogens is 4. The molecule has 0 aliphatic carbocycles. The number of hydrogen-bond acceptors (Lipinski definition) is 5. The molecule has 0 aliphatic heterocycles. The summed E-state index contributed by atoms with van der Waals surface area (Å²) in [7, 11) is 0. The van der Waals surface area contributed by atoms with Gasteiger partial charge in [-0.1, -0.05) is 176 Å². The van der Waals surface area contributed by atoms with Crippen molar-refractivity contribution < 1.29 is 0 Å². The van der Waals surface area contributed by atoms with E-state index < -0.39 is 0 Å². The Bertz CT molecular complexity index is 3270. The summed E-state index contributed by atoms with van der Waals surface area (Å²) >= 11 is 1.85. The summed E-state index contributed by atoms with van der Waals surface area (Å²) in [6, 6.07) is 67.9. The molecule has 266 valence electrons. The number of nitrogens with zero attached hydrogens (tertiary/aromatic N) is 4. The van der Waals surface area contributed by atoms with Crippen molar-refractivity contribution in [1.29, 1.82) is 0 Å². The summed E-state index contributed by atoms with van der Waals surface area (Å²) in [6.45, 7) is 0. The fraction of sp³-hybridized carbons (Fsp3) is 0. The average molecular weight is 745 g/mol. The molecule has 0 radical (unpaired) electrons. The van der Waals surface area contributed by atoms with E-state index in [0.717, 1.165) is 72.7 Å². The lowest BCUT2D eigenvalue weighted by Gasteiger charge is -2.10. The second-order valence-corrected chi connectivity index (χ2v) is 15.3. The Morgan fingerprint density at radius 1 is 0.298 bits per heavy atom. The molecule has 0 amide bonds. The van der Waals surface area contributed by atoms with Gasteiger partial charge in [0.25, 0.3) is 0 Å². The largest absolute Gasteiger partial charge is 0.228 e. The van der Waals surface area contributed by atoms with Crippen molar-refractivity contribution in [2.24, 2.45) is 0 Å². The number of fused-ring (bicyclic) bond motifs is 5. The zero-order valence-corrected chi connectivity index (χ0v) is 31.5. The third kappa shape index (κ3) is 5.93. The molecule has 11 aromatic rings. The topological polar surface area (TPSA) is 51.6 Å². The van der Waals surface area contributed by atoms with Crippen molar-refractivity contribution in [3.63, 3.8) is 0 Å². The first-order chi connectivity index (χ1) is 28.2. The van der Waals surface area contributed by atoms with Gasteiger partial charge < -0.3 is 0 Å². The molecule has 4 nitrogen and oxygen atoms in total. The monoisotopic (exact) mass is 744 g/mol. The van der Waals surface area contributed by atoms with Crippen LogP contribution in [0.25, 0.3) is 110 Å². The third-order valence-corrected chi connectivity index (χ3v) is 11.9. The first-order valence-electron chi connectivity index (χ1n) is 19.0. The van der Waals surface area contributed by atoms with E-state index in [1.807, 2.05) is 47.7 Å². The van der Waals surface area contributed by atoms with Gasteiger partial charge in [0.15, 0.2) is 11.6 Å². The molecule has 0 aliphatic rings. The minimum Gasteiger partial charge on any atom is -0.228 e. The second-order valence-electron chi connectivity index (χ2n) is 14.2. The minimum absolute atomic E-state index is 0.723. The van der Waals surface area contributed by atoms with Gasteiger partial charge in [-0.25, -0.2) is 19.9 Å². The quantitative estimate of drug-likeness (QED) is 0.170. The van der Waals surface area contributed by atoms with Gasteiger partial charge in [0, 0.05) is 53.2 Å². The van der Waals surface area contributed by atoms with Gasteiger partial charge in [0.05, 0.1) is 22.4 Å². The van der Waals surface area contributed by atoms with Crippen molar-refractivity contribution in [2.75, 3.05) is 0 Å². The minimum atomic E-state index is 0.723. The molecular formula is C52H32N4S. The molecule has 3 aromatic heterocycles. The standard InChI is InChI=1S/C52H32N4S/c1-3-12-35(13-4-1)48-43-16-7-9-20-45(43)53-51(55-48)37-26-22-33(23-27-37)39-30-31-41-42-19-11-18-40(50(42)57-47(41)32-39)34-24-28-38(29-25-34)52-54-46-21-10-8-17-44(46)49(56-52)36-14-5-2-6-15-36/h1-32H. The second kappa shape index (κ2) is 13.7. The van der Waals surface area contributed by atoms with Crippen LogP contribution < -0.4 is 0 Å². The number of hydrogen-bond donors (Lipinski definition) is 0. The van der Waals surface area contributed by atoms with Gasteiger partial charge in [0.1, 0.15) is 0 Å². The number of thiophene rings is 1. The van der Waals surface area contributed by atoms with E-state index in [-0.39, 0.29) is 0 Å². The summed E-state index contributed by atoms with van der Waals surface area (Å²) in [6.07, 6.45) is 0. The number of para-hydroxylation sites is 2. The first kappa shape index (κ1) is 33.0. The predicted molar refractivity (Wildman–Crippen MR) is 238 cm³/mol. The van der Waals surface area contributed by atoms with Crippen molar-refractivity contribution in [3.05, 3.63) is 194 Å². The molecule has 0 N–H and O–H groups in total. The summed E-state index contributed by atoms with van der Waals surface area (Å²) in [5.74, 6) is 1.45.